The van der Waals surface area contributed by atoms with Gasteiger partial charge in [0.15, 0.2) is 11.5 Å². The summed E-state index contributed by atoms with van der Waals surface area (Å²) >= 11 is 0. The number of carbonyl (C=O) groups is 3. The Morgan fingerprint density at radius 1 is 0.892 bits per heavy atom. The molecule has 0 spiro atoms. The summed E-state index contributed by atoms with van der Waals surface area (Å²) in [5, 5.41) is 0. The molecule has 0 bridgehead atoms. The van der Waals surface area contributed by atoms with Crippen molar-refractivity contribution in [3.8, 4) is 11.5 Å². The molecule has 0 aromatic heterocycles. The van der Waals surface area contributed by atoms with Crippen LogP contribution in [0, 0.1) is 11.8 Å². The lowest BCUT2D eigenvalue weighted by molar-refractivity contribution is -0.917. The van der Waals surface area contributed by atoms with E-state index in [-0.39, 0.29) is 36.4 Å². The molecule has 0 unspecified atom stereocenters. The maximum atomic E-state index is 13.9. The summed E-state index contributed by atoms with van der Waals surface area (Å²) in [5.41, 5.74) is 2.14. The van der Waals surface area contributed by atoms with Crippen molar-refractivity contribution < 1.29 is 28.8 Å². The summed E-state index contributed by atoms with van der Waals surface area (Å²) in [5.74, 6) is 0.670. The molecule has 3 aliphatic heterocycles. The lowest BCUT2D eigenvalue weighted by Crippen LogP contribution is -3.13. The maximum absolute atomic E-state index is 13.9. The number of imide groups is 1. The van der Waals surface area contributed by atoms with Gasteiger partial charge in [-0.15, -0.1) is 0 Å². The molecular formula is C29H34N3O5+. The standard InChI is InChI=1S/C29H33N3O5/c33-27-22-8-4-5-9-23(22)28(34)32(27)24(16-20-6-2-1-3-7-20)29(35)31-14-12-30(13-15-31)18-21-10-11-25-26(17-21)37-19-36-25/h1-3,6-7,10-11,17,22-24H,4-5,8-9,12-16,18-19H2/p+1/t22-,23-,24+/m0/s1. The van der Waals surface area contributed by atoms with Gasteiger partial charge in [-0.25, -0.2) is 0 Å². The van der Waals surface area contributed by atoms with E-state index in [4.69, 9.17) is 9.47 Å². The third kappa shape index (κ3) is 4.70. The van der Waals surface area contributed by atoms with Crippen molar-refractivity contribution in [2.45, 2.75) is 44.7 Å². The van der Waals surface area contributed by atoms with E-state index in [9.17, 15) is 14.4 Å². The van der Waals surface area contributed by atoms with Crippen LogP contribution in [0.2, 0.25) is 0 Å². The van der Waals surface area contributed by atoms with Crippen LogP contribution in [0.1, 0.15) is 36.8 Å². The van der Waals surface area contributed by atoms with E-state index in [1.807, 2.05) is 47.4 Å². The minimum Gasteiger partial charge on any atom is -0.454 e. The van der Waals surface area contributed by atoms with Crippen LogP contribution in [-0.4, -0.2) is 66.5 Å². The Hall–Kier alpha value is -3.39. The highest BCUT2D eigenvalue weighted by Gasteiger charge is 2.52. The second-order valence-electron chi connectivity index (χ2n) is 10.7. The summed E-state index contributed by atoms with van der Waals surface area (Å²) < 4.78 is 10.9. The van der Waals surface area contributed by atoms with Crippen LogP contribution >= 0.6 is 0 Å². The van der Waals surface area contributed by atoms with Crippen LogP contribution in [-0.2, 0) is 27.3 Å². The van der Waals surface area contributed by atoms with Crippen LogP contribution in [0.4, 0.5) is 0 Å². The molecule has 37 heavy (non-hydrogen) atoms. The number of rotatable bonds is 6. The molecule has 4 aliphatic rings. The number of hydrogen-bond donors (Lipinski definition) is 1. The number of carbonyl (C=O) groups excluding carboxylic acids is 3. The Bertz CT molecular complexity index is 1150. The molecular weight excluding hydrogens is 470 g/mol. The van der Waals surface area contributed by atoms with Crippen molar-refractivity contribution in [1.29, 1.82) is 0 Å². The van der Waals surface area contributed by atoms with Gasteiger partial charge in [-0.05, 0) is 36.6 Å². The number of amides is 3. The van der Waals surface area contributed by atoms with Crippen molar-refractivity contribution in [3.63, 3.8) is 0 Å². The summed E-state index contributed by atoms with van der Waals surface area (Å²) in [6.07, 6.45) is 3.81. The number of ether oxygens (including phenoxy) is 2. The molecule has 2 aromatic carbocycles. The Morgan fingerprint density at radius 2 is 1.57 bits per heavy atom. The van der Waals surface area contributed by atoms with Gasteiger partial charge < -0.3 is 19.3 Å². The predicted molar refractivity (Wildman–Crippen MR) is 135 cm³/mol. The number of likely N-dealkylation sites (tertiary alicyclic amines) is 1. The molecule has 194 valence electrons. The topological polar surface area (TPSA) is 80.6 Å². The summed E-state index contributed by atoms with van der Waals surface area (Å²) in [4.78, 5) is 45.4. The normalized spacial score (nSPS) is 24.3. The van der Waals surface area contributed by atoms with Gasteiger partial charge in [0, 0.05) is 12.0 Å². The van der Waals surface area contributed by atoms with Gasteiger partial charge in [-0.3, -0.25) is 19.3 Å². The Kier molecular flexibility index (Phi) is 6.59. The Morgan fingerprint density at radius 3 is 2.27 bits per heavy atom. The quantitative estimate of drug-likeness (QED) is 0.602. The fourth-order valence-electron chi connectivity index (χ4n) is 6.39. The van der Waals surface area contributed by atoms with E-state index in [0.717, 1.165) is 62.4 Å². The third-order valence-electron chi connectivity index (χ3n) is 8.42. The number of nitrogens with one attached hydrogen (secondary N) is 1. The molecule has 8 nitrogen and oxygen atoms in total. The molecule has 2 aromatic rings. The highest BCUT2D eigenvalue weighted by atomic mass is 16.7. The minimum atomic E-state index is -0.775. The van der Waals surface area contributed by atoms with Crippen molar-refractivity contribution in [2.24, 2.45) is 11.8 Å². The molecule has 1 aliphatic carbocycles. The van der Waals surface area contributed by atoms with Gasteiger partial charge in [0.05, 0.1) is 38.0 Å². The molecule has 0 radical (unpaired) electrons. The molecule has 3 heterocycles. The lowest BCUT2D eigenvalue weighted by atomic mass is 9.81. The van der Waals surface area contributed by atoms with Gasteiger partial charge in [0.2, 0.25) is 24.5 Å². The molecule has 3 atom stereocenters. The minimum absolute atomic E-state index is 0.105. The van der Waals surface area contributed by atoms with Crippen LogP contribution in [0.3, 0.4) is 0 Å². The fraction of sp³-hybridized carbons (Fsp3) is 0.483. The zero-order valence-corrected chi connectivity index (χ0v) is 21.1. The van der Waals surface area contributed by atoms with Crippen molar-refractivity contribution in [2.75, 3.05) is 33.0 Å². The van der Waals surface area contributed by atoms with Crippen molar-refractivity contribution in [1.82, 2.24) is 9.80 Å². The Balaban J connectivity index is 1.15. The first-order valence-electron chi connectivity index (χ1n) is 13.5. The third-order valence-corrected chi connectivity index (χ3v) is 8.42. The van der Waals surface area contributed by atoms with E-state index in [2.05, 4.69) is 6.07 Å². The SMILES string of the molecule is O=C([C@@H](Cc1ccccc1)N1C(=O)[C@H]2CCCC[C@@H]2C1=O)N1CC[NH+](Cc2ccc3c(c2)OCO3)CC1. The monoisotopic (exact) mass is 504 g/mol. The second-order valence-corrected chi connectivity index (χ2v) is 10.7. The van der Waals surface area contributed by atoms with Crippen LogP contribution < -0.4 is 14.4 Å². The van der Waals surface area contributed by atoms with Gasteiger partial charge in [-0.1, -0.05) is 43.2 Å². The first-order chi connectivity index (χ1) is 18.1. The van der Waals surface area contributed by atoms with E-state index in [1.54, 1.807) is 0 Å². The lowest BCUT2D eigenvalue weighted by Gasteiger charge is -2.36. The molecule has 1 N–H and O–H groups in total. The van der Waals surface area contributed by atoms with E-state index in [0.29, 0.717) is 19.5 Å². The van der Waals surface area contributed by atoms with Crippen LogP contribution in [0.15, 0.2) is 48.5 Å². The van der Waals surface area contributed by atoms with Gasteiger partial charge in [-0.2, -0.15) is 0 Å². The van der Waals surface area contributed by atoms with Gasteiger partial charge in [0.25, 0.3) is 0 Å². The van der Waals surface area contributed by atoms with Crippen molar-refractivity contribution >= 4 is 17.7 Å². The summed E-state index contributed by atoms with van der Waals surface area (Å²) in [7, 11) is 0. The number of piperazine rings is 1. The molecule has 2 saturated heterocycles. The number of nitrogens with zero attached hydrogens (tertiary/aromatic N) is 2. The molecule has 1 saturated carbocycles. The number of fused-ring (bicyclic) bond motifs is 2. The second kappa shape index (κ2) is 10.2. The molecule has 8 heteroatoms. The van der Waals surface area contributed by atoms with Crippen molar-refractivity contribution in [3.05, 3.63) is 59.7 Å². The molecule has 6 rings (SSSR count). The smallest absolute Gasteiger partial charge is 0.246 e. The number of quaternary nitrogens is 1. The predicted octanol–water partition coefficient (Wildman–Crippen LogP) is 1.43. The summed E-state index contributed by atoms with van der Waals surface area (Å²) in [6, 6.07) is 15.0. The highest BCUT2D eigenvalue weighted by molar-refractivity contribution is 6.08. The number of hydrogen-bond acceptors (Lipinski definition) is 5. The largest absolute Gasteiger partial charge is 0.454 e. The van der Waals surface area contributed by atoms with E-state index < -0.39 is 6.04 Å². The first kappa shape index (κ1) is 24.0. The number of benzene rings is 2. The van der Waals surface area contributed by atoms with Gasteiger partial charge >= 0.3 is 0 Å². The zero-order chi connectivity index (χ0) is 25.4. The van der Waals surface area contributed by atoms with Crippen LogP contribution in [0.25, 0.3) is 0 Å². The Labute approximate surface area is 217 Å². The average Bonchev–Trinajstić information content (AvgIpc) is 3.50. The highest BCUT2D eigenvalue weighted by Crippen LogP contribution is 2.39. The zero-order valence-electron chi connectivity index (χ0n) is 21.1. The maximum Gasteiger partial charge on any atom is 0.246 e. The molecule has 3 amide bonds. The average molecular weight is 505 g/mol. The first-order valence-corrected chi connectivity index (χ1v) is 13.5. The van der Waals surface area contributed by atoms with Gasteiger partial charge in [0.1, 0.15) is 12.6 Å². The fourth-order valence-corrected chi connectivity index (χ4v) is 6.39. The van der Waals surface area contributed by atoms with E-state index >= 15 is 0 Å². The van der Waals surface area contributed by atoms with Crippen LogP contribution in [0.5, 0.6) is 11.5 Å². The molecule has 3 fully saturated rings. The van der Waals surface area contributed by atoms with E-state index in [1.165, 1.54) is 15.4 Å². The summed E-state index contributed by atoms with van der Waals surface area (Å²) in [6.45, 7) is 3.94.